The molecule has 0 spiro atoms. The second-order valence-corrected chi connectivity index (χ2v) is 7.91. The second kappa shape index (κ2) is 8.65. The number of fused-ring (bicyclic) bond motifs is 1. The first-order valence-corrected chi connectivity index (χ1v) is 10.6. The molecule has 0 aliphatic carbocycles. The number of nitrogens with zero attached hydrogens (tertiary/aromatic N) is 5. The van der Waals surface area contributed by atoms with E-state index in [4.69, 9.17) is 17.3 Å². The highest BCUT2D eigenvalue weighted by Gasteiger charge is 2.26. The summed E-state index contributed by atoms with van der Waals surface area (Å²) in [6, 6.07) is 15.4. The standard InChI is InChI=1S/C23H17ClFN7O2/c24-18-9-14(8-17(12-33)28-18)19-20(13-4-2-1-3-5-13)29-22(26)32-21(19)30-31(23(32)34)11-16-7-6-15(25)10-27-16/h1-10,33H,11-12H2,(H2,26,29)/p+1. The Morgan fingerprint density at radius 2 is 1.88 bits per heavy atom. The van der Waals surface area contributed by atoms with E-state index >= 15 is 0 Å². The SMILES string of the molecule is Nc1[nH+]c(-c2ccccc2)c(-c2cc(Cl)nc(CO)c2)c2nn(Cc3ccc(F)cn3)c(=O)n12. The molecule has 0 unspecified atom stereocenters. The highest BCUT2D eigenvalue weighted by Crippen LogP contribution is 2.33. The summed E-state index contributed by atoms with van der Waals surface area (Å²) in [5.74, 6) is -0.405. The maximum absolute atomic E-state index is 13.3. The van der Waals surface area contributed by atoms with Gasteiger partial charge in [0.2, 0.25) is 5.65 Å². The Morgan fingerprint density at radius 1 is 1.09 bits per heavy atom. The highest BCUT2D eigenvalue weighted by molar-refractivity contribution is 6.29. The smallest absolute Gasteiger partial charge is 0.390 e. The molecule has 4 heterocycles. The number of aromatic amines is 1. The number of hydrogen-bond donors (Lipinski definition) is 2. The van der Waals surface area contributed by atoms with Crippen molar-refractivity contribution in [3.8, 4) is 22.4 Å². The molecule has 0 radical (unpaired) electrons. The fourth-order valence-electron chi connectivity index (χ4n) is 3.77. The van der Waals surface area contributed by atoms with Gasteiger partial charge in [-0.15, -0.1) is 9.50 Å². The Labute approximate surface area is 196 Å². The topological polar surface area (TPSA) is 125 Å². The molecular formula is C23H18ClFN7O2+. The van der Waals surface area contributed by atoms with E-state index in [1.165, 1.54) is 21.2 Å². The lowest BCUT2D eigenvalue weighted by Crippen LogP contribution is -2.28. The summed E-state index contributed by atoms with van der Waals surface area (Å²) in [5.41, 5.74) is 9.38. The lowest BCUT2D eigenvalue weighted by Gasteiger charge is -2.10. The van der Waals surface area contributed by atoms with Crippen LogP contribution in [0.4, 0.5) is 10.3 Å². The molecule has 9 nitrogen and oxygen atoms in total. The number of anilines is 1. The Hall–Kier alpha value is -4.15. The van der Waals surface area contributed by atoms with E-state index in [0.29, 0.717) is 28.2 Å². The fourth-order valence-corrected chi connectivity index (χ4v) is 4.00. The van der Waals surface area contributed by atoms with Gasteiger partial charge in [-0.1, -0.05) is 41.9 Å². The summed E-state index contributed by atoms with van der Waals surface area (Å²) >= 11 is 6.23. The molecule has 0 fully saturated rings. The van der Waals surface area contributed by atoms with E-state index in [0.717, 1.165) is 11.8 Å². The monoisotopic (exact) mass is 478 g/mol. The van der Waals surface area contributed by atoms with Crippen molar-refractivity contribution in [2.24, 2.45) is 0 Å². The van der Waals surface area contributed by atoms with Gasteiger partial charge in [0.15, 0.2) is 0 Å². The molecular weight excluding hydrogens is 461 g/mol. The van der Waals surface area contributed by atoms with E-state index in [-0.39, 0.29) is 29.9 Å². The summed E-state index contributed by atoms with van der Waals surface area (Å²) in [6.07, 6.45) is 1.08. The van der Waals surface area contributed by atoms with Crippen LogP contribution in [0.2, 0.25) is 5.15 Å². The predicted molar refractivity (Wildman–Crippen MR) is 123 cm³/mol. The number of aromatic nitrogens is 6. The maximum Gasteiger partial charge on any atom is 0.411 e. The third kappa shape index (κ3) is 3.89. The van der Waals surface area contributed by atoms with Gasteiger partial charge < -0.3 is 5.11 Å². The normalized spacial score (nSPS) is 11.3. The Kier molecular flexibility index (Phi) is 5.52. The molecule has 0 aliphatic heterocycles. The van der Waals surface area contributed by atoms with Crippen molar-refractivity contribution in [1.29, 1.82) is 0 Å². The van der Waals surface area contributed by atoms with Gasteiger partial charge in [-0.05, 0) is 29.8 Å². The van der Waals surface area contributed by atoms with E-state index in [2.05, 4.69) is 20.1 Å². The zero-order chi connectivity index (χ0) is 23.8. The zero-order valence-corrected chi connectivity index (χ0v) is 18.4. The number of rotatable bonds is 5. The van der Waals surface area contributed by atoms with Crippen molar-refractivity contribution in [3.05, 3.63) is 93.6 Å². The number of pyridine rings is 2. The largest absolute Gasteiger partial charge is 0.411 e. The fraction of sp³-hybridized carbons (Fsp3) is 0.0870. The van der Waals surface area contributed by atoms with E-state index in [1.807, 2.05) is 30.3 Å². The van der Waals surface area contributed by atoms with Crippen LogP contribution in [0.25, 0.3) is 28.0 Å². The van der Waals surface area contributed by atoms with Crippen LogP contribution in [0.1, 0.15) is 11.4 Å². The van der Waals surface area contributed by atoms with Crippen LogP contribution in [0.3, 0.4) is 0 Å². The van der Waals surface area contributed by atoms with Gasteiger partial charge in [-0.2, -0.15) is 4.68 Å². The molecule has 0 saturated carbocycles. The molecule has 0 saturated heterocycles. The number of nitrogens with one attached hydrogen (secondary N) is 1. The molecule has 170 valence electrons. The molecule has 5 rings (SSSR count). The number of aliphatic hydroxyl groups is 1. The minimum absolute atomic E-state index is 0.0132. The van der Waals surface area contributed by atoms with Crippen LogP contribution in [0, 0.1) is 5.82 Å². The molecule has 0 bridgehead atoms. The number of halogens is 2. The molecule has 1 aromatic carbocycles. The maximum atomic E-state index is 13.3. The highest BCUT2D eigenvalue weighted by atomic mass is 35.5. The third-order valence-corrected chi connectivity index (χ3v) is 5.46. The summed E-state index contributed by atoms with van der Waals surface area (Å²) in [5, 5.41) is 14.4. The quantitative estimate of drug-likeness (QED) is 0.373. The Bertz CT molecular complexity index is 1570. The van der Waals surface area contributed by atoms with Crippen LogP contribution < -0.4 is 16.4 Å². The molecule has 34 heavy (non-hydrogen) atoms. The molecule has 5 aromatic rings. The van der Waals surface area contributed by atoms with Crippen LogP contribution in [0.5, 0.6) is 0 Å². The van der Waals surface area contributed by atoms with Crippen LogP contribution in [-0.4, -0.2) is 29.3 Å². The first kappa shape index (κ1) is 21.7. The van der Waals surface area contributed by atoms with Gasteiger partial charge >= 0.3 is 11.6 Å². The van der Waals surface area contributed by atoms with E-state index in [1.54, 1.807) is 12.1 Å². The number of hydrogen-bond acceptors (Lipinski definition) is 6. The van der Waals surface area contributed by atoms with Crippen molar-refractivity contribution in [2.75, 3.05) is 5.73 Å². The summed E-state index contributed by atoms with van der Waals surface area (Å²) in [6.45, 7) is -0.306. The average Bonchev–Trinajstić information content (AvgIpc) is 3.16. The van der Waals surface area contributed by atoms with E-state index in [9.17, 15) is 14.3 Å². The number of nitrogen functional groups attached to an aromatic ring is 1. The zero-order valence-electron chi connectivity index (χ0n) is 17.6. The first-order chi connectivity index (χ1) is 16.4. The summed E-state index contributed by atoms with van der Waals surface area (Å²) < 4.78 is 15.7. The number of benzene rings is 1. The van der Waals surface area contributed by atoms with Crippen molar-refractivity contribution < 1.29 is 14.5 Å². The van der Waals surface area contributed by atoms with Crippen molar-refractivity contribution in [1.82, 2.24) is 24.1 Å². The summed E-state index contributed by atoms with van der Waals surface area (Å²) in [7, 11) is 0. The Morgan fingerprint density at radius 3 is 2.59 bits per heavy atom. The predicted octanol–water partition coefficient (Wildman–Crippen LogP) is 2.35. The van der Waals surface area contributed by atoms with E-state index < -0.39 is 11.5 Å². The van der Waals surface area contributed by atoms with Crippen LogP contribution >= 0.6 is 11.6 Å². The van der Waals surface area contributed by atoms with Crippen LogP contribution in [-0.2, 0) is 13.2 Å². The Balaban J connectivity index is 1.81. The minimum atomic E-state index is -0.502. The number of H-pyrrole nitrogens is 1. The molecule has 0 amide bonds. The number of aliphatic hydroxyl groups excluding tert-OH is 1. The van der Waals surface area contributed by atoms with Gasteiger partial charge in [0.25, 0.3) is 0 Å². The van der Waals surface area contributed by atoms with Gasteiger partial charge in [-0.25, -0.2) is 19.2 Å². The molecule has 4 N–H and O–H groups in total. The summed E-state index contributed by atoms with van der Waals surface area (Å²) in [4.78, 5) is 24.5. The lowest BCUT2D eigenvalue weighted by molar-refractivity contribution is -0.351. The molecule has 0 aliphatic rings. The van der Waals surface area contributed by atoms with Gasteiger partial charge in [-0.3, -0.25) is 10.7 Å². The second-order valence-electron chi connectivity index (χ2n) is 7.52. The molecule has 11 heteroatoms. The third-order valence-electron chi connectivity index (χ3n) is 5.27. The molecule has 0 atom stereocenters. The van der Waals surface area contributed by atoms with Crippen molar-refractivity contribution >= 4 is 23.2 Å². The lowest BCUT2D eigenvalue weighted by atomic mass is 10.00. The number of nitrogens with two attached hydrogens (primary N) is 1. The van der Waals surface area contributed by atoms with Crippen LogP contribution in [0.15, 0.2) is 65.6 Å². The average molecular weight is 479 g/mol. The van der Waals surface area contributed by atoms with Gasteiger partial charge in [0, 0.05) is 5.56 Å². The minimum Gasteiger partial charge on any atom is -0.390 e. The van der Waals surface area contributed by atoms with Gasteiger partial charge in [0.05, 0.1) is 36.3 Å². The molecule has 4 aromatic heterocycles. The van der Waals surface area contributed by atoms with Crippen molar-refractivity contribution in [2.45, 2.75) is 13.2 Å². The van der Waals surface area contributed by atoms with Gasteiger partial charge in [0.1, 0.15) is 16.7 Å². The van der Waals surface area contributed by atoms with Crippen molar-refractivity contribution in [3.63, 3.8) is 0 Å². The first-order valence-electron chi connectivity index (χ1n) is 10.2.